The van der Waals surface area contributed by atoms with E-state index in [1.807, 2.05) is 24.1 Å². The summed E-state index contributed by atoms with van der Waals surface area (Å²) in [7, 11) is 1.92. The lowest BCUT2D eigenvalue weighted by Gasteiger charge is -2.36. The van der Waals surface area contributed by atoms with Gasteiger partial charge in [0.1, 0.15) is 5.75 Å². The number of carbonyl (C=O) groups excluding carboxylic acids is 1. The molecular formula is C14H19N3O2. The lowest BCUT2D eigenvalue weighted by Crippen LogP contribution is -2.51. The first-order valence-electron chi connectivity index (χ1n) is 6.69. The van der Waals surface area contributed by atoms with Gasteiger partial charge in [-0.05, 0) is 24.7 Å². The average molecular weight is 261 g/mol. The van der Waals surface area contributed by atoms with E-state index < -0.39 is 0 Å². The summed E-state index contributed by atoms with van der Waals surface area (Å²) >= 11 is 0. The molecule has 5 nitrogen and oxygen atoms in total. The fourth-order valence-electron chi connectivity index (χ4n) is 2.50. The van der Waals surface area contributed by atoms with E-state index in [-0.39, 0.29) is 12.5 Å². The highest BCUT2D eigenvalue weighted by Gasteiger charge is 2.29. The van der Waals surface area contributed by atoms with E-state index in [4.69, 9.17) is 4.74 Å². The van der Waals surface area contributed by atoms with Gasteiger partial charge in [0, 0.05) is 32.1 Å². The van der Waals surface area contributed by atoms with Gasteiger partial charge in [0.2, 0.25) is 0 Å². The third-order valence-corrected chi connectivity index (χ3v) is 3.65. The molecule has 19 heavy (non-hydrogen) atoms. The minimum absolute atomic E-state index is 0.0565. The number of anilines is 1. The molecule has 2 aliphatic heterocycles. The lowest BCUT2D eigenvalue weighted by molar-refractivity contribution is -0.121. The minimum Gasteiger partial charge on any atom is -0.482 e. The van der Waals surface area contributed by atoms with Gasteiger partial charge in [0.15, 0.2) is 6.61 Å². The van der Waals surface area contributed by atoms with Crippen molar-refractivity contribution < 1.29 is 9.53 Å². The Kier molecular flexibility index (Phi) is 3.40. The fraction of sp³-hybridized carbons (Fsp3) is 0.500. The Morgan fingerprint density at radius 1 is 1.47 bits per heavy atom. The Morgan fingerprint density at radius 2 is 2.32 bits per heavy atom. The standard InChI is InChI=1S/C14H19N3O2/c1-15-5-10-2-3-13-12(4-10)17(14(18)9-19-13)8-11-6-16-7-11/h2-4,11,15-16H,5-9H2,1H3. The van der Waals surface area contributed by atoms with E-state index in [0.717, 1.165) is 43.2 Å². The van der Waals surface area contributed by atoms with Gasteiger partial charge in [0.25, 0.3) is 5.91 Å². The first-order chi connectivity index (χ1) is 9.28. The number of benzene rings is 1. The molecule has 1 aromatic rings. The normalized spacial score (nSPS) is 18.8. The van der Waals surface area contributed by atoms with Crippen molar-refractivity contribution in [2.45, 2.75) is 6.54 Å². The maximum absolute atomic E-state index is 12.1. The number of amides is 1. The molecule has 0 saturated carbocycles. The summed E-state index contributed by atoms with van der Waals surface area (Å²) in [5.41, 5.74) is 2.08. The summed E-state index contributed by atoms with van der Waals surface area (Å²) in [5.74, 6) is 1.43. The number of hydrogen-bond donors (Lipinski definition) is 2. The summed E-state index contributed by atoms with van der Waals surface area (Å²) in [6, 6.07) is 6.05. The van der Waals surface area contributed by atoms with Crippen LogP contribution in [-0.2, 0) is 11.3 Å². The molecule has 2 heterocycles. The molecular weight excluding hydrogens is 242 g/mol. The first kappa shape index (κ1) is 12.4. The smallest absolute Gasteiger partial charge is 0.265 e. The predicted octanol–water partition coefficient (Wildman–Crippen LogP) is 0.351. The van der Waals surface area contributed by atoms with E-state index in [1.165, 1.54) is 0 Å². The molecule has 1 fully saturated rings. The van der Waals surface area contributed by atoms with Crippen molar-refractivity contribution in [1.29, 1.82) is 0 Å². The van der Waals surface area contributed by atoms with Gasteiger partial charge in [-0.1, -0.05) is 6.07 Å². The van der Waals surface area contributed by atoms with Crippen LogP contribution in [-0.4, -0.2) is 39.2 Å². The Morgan fingerprint density at radius 3 is 3.00 bits per heavy atom. The summed E-state index contributed by atoms with van der Waals surface area (Å²) in [4.78, 5) is 13.9. The molecule has 0 atom stereocenters. The van der Waals surface area contributed by atoms with Crippen LogP contribution >= 0.6 is 0 Å². The molecule has 0 bridgehead atoms. The van der Waals surface area contributed by atoms with Gasteiger partial charge in [-0.3, -0.25) is 4.79 Å². The molecule has 0 radical (unpaired) electrons. The number of hydrogen-bond acceptors (Lipinski definition) is 4. The number of fused-ring (bicyclic) bond motifs is 1. The Bertz CT molecular complexity index is 486. The molecule has 102 valence electrons. The number of rotatable bonds is 4. The topological polar surface area (TPSA) is 53.6 Å². The highest BCUT2D eigenvalue weighted by Crippen LogP contribution is 2.33. The molecule has 5 heteroatoms. The zero-order valence-electron chi connectivity index (χ0n) is 11.1. The van der Waals surface area contributed by atoms with Gasteiger partial charge < -0.3 is 20.3 Å². The van der Waals surface area contributed by atoms with Gasteiger partial charge in [-0.2, -0.15) is 0 Å². The second kappa shape index (κ2) is 5.19. The first-order valence-corrected chi connectivity index (χ1v) is 6.69. The fourth-order valence-corrected chi connectivity index (χ4v) is 2.50. The maximum atomic E-state index is 12.1. The maximum Gasteiger partial charge on any atom is 0.265 e. The predicted molar refractivity (Wildman–Crippen MR) is 73.4 cm³/mol. The van der Waals surface area contributed by atoms with Crippen LogP contribution < -0.4 is 20.3 Å². The van der Waals surface area contributed by atoms with E-state index in [0.29, 0.717) is 5.92 Å². The zero-order chi connectivity index (χ0) is 13.2. The van der Waals surface area contributed by atoms with Crippen LogP contribution in [0, 0.1) is 5.92 Å². The molecule has 0 aliphatic carbocycles. The monoisotopic (exact) mass is 261 g/mol. The largest absolute Gasteiger partial charge is 0.482 e. The van der Waals surface area contributed by atoms with Crippen LogP contribution in [0.5, 0.6) is 5.75 Å². The number of carbonyl (C=O) groups is 1. The van der Waals surface area contributed by atoms with Gasteiger partial charge in [-0.25, -0.2) is 0 Å². The zero-order valence-corrected chi connectivity index (χ0v) is 11.1. The minimum atomic E-state index is 0.0565. The molecule has 3 rings (SSSR count). The summed E-state index contributed by atoms with van der Waals surface area (Å²) < 4.78 is 5.51. The van der Waals surface area contributed by atoms with Crippen LogP contribution in [0.25, 0.3) is 0 Å². The molecule has 1 aromatic carbocycles. The molecule has 1 saturated heterocycles. The summed E-state index contributed by atoms with van der Waals surface area (Å²) in [6.07, 6.45) is 0. The van der Waals surface area contributed by atoms with Crippen molar-refractivity contribution in [3.63, 3.8) is 0 Å². The van der Waals surface area contributed by atoms with E-state index in [2.05, 4.69) is 16.7 Å². The van der Waals surface area contributed by atoms with Crippen molar-refractivity contribution in [3.8, 4) is 5.75 Å². The highest BCUT2D eigenvalue weighted by molar-refractivity contribution is 5.98. The Labute approximate surface area is 112 Å². The molecule has 0 spiro atoms. The van der Waals surface area contributed by atoms with E-state index in [9.17, 15) is 4.79 Å². The van der Waals surface area contributed by atoms with Crippen LogP contribution in [0.4, 0.5) is 5.69 Å². The second-order valence-corrected chi connectivity index (χ2v) is 5.15. The third-order valence-electron chi connectivity index (χ3n) is 3.65. The van der Waals surface area contributed by atoms with Crippen LogP contribution in [0.2, 0.25) is 0 Å². The van der Waals surface area contributed by atoms with E-state index in [1.54, 1.807) is 0 Å². The van der Waals surface area contributed by atoms with Crippen molar-refractivity contribution in [1.82, 2.24) is 10.6 Å². The second-order valence-electron chi connectivity index (χ2n) is 5.15. The highest BCUT2D eigenvalue weighted by atomic mass is 16.5. The van der Waals surface area contributed by atoms with Gasteiger partial charge in [-0.15, -0.1) is 0 Å². The molecule has 2 N–H and O–H groups in total. The number of ether oxygens (including phenoxy) is 1. The lowest BCUT2D eigenvalue weighted by atomic mass is 10.0. The Hall–Kier alpha value is -1.59. The summed E-state index contributed by atoms with van der Waals surface area (Å²) in [6.45, 7) is 3.72. The van der Waals surface area contributed by atoms with E-state index >= 15 is 0 Å². The SMILES string of the molecule is CNCc1ccc2c(c1)N(CC1CNC1)C(=O)CO2. The molecule has 1 amide bonds. The van der Waals surface area contributed by atoms with Crippen molar-refractivity contribution in [2.24, 2.45) is 5.92 Å². The van der Waals surface area contributed by atoms with Crippen molar-refractivity contribution >= 4 is 11.6 Å². The third kappa shape index (κ3) is 2.43. The Balaban J connectivity index is 1.87. The number of nitrogens with one attached hydrogen (secondary N) is 2. The van der Waals surface area contributed by atoms with Crippen LogP contribution in [0.1, 0.15) is 5.56 Å². The van der Waals surface area contributed by atoms with Crippen LogP contribution in [0.3, 0.4) is 0 Å². The van der Waals surface area contributed by atoms with Gasteiger partial charge >= 0.3 is 0 Å². The van der Waals surface area contributed by atoms with Gasteiger partial charge in [0.05, 0.1) is 5.69 Å². The molecule has 0 unspecified atom stereocenters. The average Bonchev–Trinajstić information content (AvgIpc) is 2.36. The number of nitrogens with zero attached hydrogens (tertiary/aromatic N) is 1. The van der Waals surface area contributed by atoms with Crippen molar-refractivity contribution in [2.75, 3.05) is 38.2 Å². The molecule has 2 aliphatic rings. The van der Waals surface area contributed by atoms with Crippen molar-refractivity contribution in [3.05, 3.63) is 23.8 Å². The quantitative estimate of drug-likeness (QED) is 0.821. The molecule has 0 aromatic heterocycles. The summed E-state index contributed by atoms with van der Waals surface area (Å²) in [5, 5.41) is 6.37. The van der Waals surface area contributed by atoms with Crippen LogP contribution in [0.15, 0.2) is 18.2 Å².